The molecular formula is C17H23Cl2N3OS. The van der Waals surface area contributed by atoms with Crippen molar-refractivity contribution < 1.29 is 4.79 Å². The highest BCUT2D eigenvalue weighted by molar-refractivity contribution is 7.09. The molecule has 0 radical (unpaired) electrons. The van der Waals surface area contributed by atoms with E-state index in [0.29, 0.717) is 5.92 Å². The molecule has 1 aliphatic rings. The SMILES string of the molecule is CNCC1CCN(C(=O)c2cccc(-c3csc(C)n3)c2)C1.Cl.Cl. The van der Waals surface area contributed by atoms with E-state index in [4.69, 9.17) is 0 Å². The van der Waals surface area contributed by atoms with Crippen LogP contribution in [0.15, 0.2) is 29.6 Å². The third kappa shape index (κ3) is 4.70. The summed E-state index contributed by atoms with van der Waals surface area (Å²) in [5.41, 5.74) is 2.72. The Morgan fingerprint density at radius 3 is 2.88 bits per heavy atom. The highest BCUT2D eigenvalue weighted by Crippen LogP contribution is 2.24. The van der Waals surface area contributed by atoms with Crippen molar-refractivity contribution in [1.82, 2.24) is 15.2 Å². The Bertz CT molecular complexity index is 677. The zero-order chi connectivity index (χ0) is 15.5. The van der Waals surface area contributed by atoms with E-state index in [1.165, 1.54) is 0 Å². The zero-order valence-electron chi connectivity index (χ0n) is 13.8. The van der Waals surface area contributed by atoms with Crippen molar-refractivity contribution in [2.24, 2.45) is 5.92 Å². The molecule has 1 N–H and O–H groups in total. The molecule has 4 nitrogen and oxygen atoms in total. The number of benzene rings is 1. The number of hydrogen-bond donors (Lipinski definition) is 1. The second-order valence-corrected chi connectivity index (χ2v) is 6.86. The van der Waals surface area contributed by atoms with Crippen molar-refractivity contribution in [1.29, 1.82) is 0 Å². The molecule has 1 unspecified atom stereocenters. The van der Waals surface area contributed by atoms with Crippen LogP contribution in [0, 0.1) is 12.8 Å². The minimum atomic E-state index is 0. The van der Waals surface area contributed by atoms with Crippen molar-refractivity contribution in [2.75, 3.05) is 26.7 Å². The van der Waals surface area contributed by atoms with Gasteiger partial charge in [0.1, 0.15) is 0 Å². The molecule has 1 fully saturated rings. The molecule has 7 heteroatoms. The third-order valence-electron chi connectivity index (χ3n) is 4.09. The molecule has 2 aromatic rings. The van der Waals surface area contributed by atoms with Gasteiger partial charge in [-0.05, 0) is 45.0 Å². The number of carbonyl (C=O) groups is 1. The van der Waals surface area contributed by atoms with Gasteiger partial charge >= 0.3 is 0 Å². The Kier molecular flexibility index (Phi) is 8.16. The van der Waals surface area contributed by atoms with Gasteiger partial charge in [0, 0.05) is 29.6 Å². The van der Waals surface area contributed by atoms with E-state index in [1.807, 2.05) is 48.5 Å². The summed E-state index contributed by atoms with van der Waals surface area (Å²) >= 11 is 1.63. The molecule has 0 aliphatic carbocycles. The topological polar surface area (TPSA) is 45.2 Å². The van der Waals surface area contributed by atoms with Crippen LogP contribution in [0.3, 0.4) is 0 Å². The van der Waals surface area contributed by atoms with Crippen LogP contribution in [0.5, 0.6) is 0 Å². The van der Waals surface area contributed by atoms with E-state index < -0.39 is 0 Å². The van der Waals surface area contributed by atoms with Crippen LogP contribution in [-0.4, -0.2) is 42.5 Å². The second kappa shape index (κ2) is 9.37. The summed E-state index contributed by atoms with van der Waals surface area (Å²) in [7, 11) is 1.96. The molecule has 3 rings (SSSR count). The number of amides is 1. The fourth-order valence-corrected chi connectivity index (χ4v) is 3.58. The van der Waals surface area contributed by atoms with E-state index in [0.717, 1.165) is 47.9 Å². The number of likely N-dealkylation sites (tertiary alicyclic amines) is 1. The first-order chi connectivity index (χ1) is 10.7. The maximum Gasteiger partial charge on any atom is 0.253 e. The van der Waals surface area contributed by atoms with Gasteiger partial charge in [-0.1, -0.05) is 12.1 Å². The summed E-state index contributed by atoms with van der Waals surface area (Å²) in [4.78, 5) is 19.1. The molecule has 24 heavy (non-hydrogen) atoms. The highest BCUT2D eigenvalue weighted by Gasteiger charge is 2.26. The largest absolute Gasteiger partial charge is 0.338 e. The fraction of sp³-hybridized carbons (Fsp3) is 0.412. The molecule has 1 saturated heterocycles. The quantitative estimate of drug-likeness (QED) is 0.870. The van der Waals surface area contributed by atoms with Crippen LogP contribution >= 0.6 is 36.2 Å². The fourth-order valence-electron chi connectivity index (χ4n) is 2.96. The van der Waals surface area contributed by atoms with Crippen molar-refractivity contribution in [3.8, 4) is 11.3 Å². The van der Waals surface area contributed by atoms with Crippen LogP contribution in [0.1, 0.15) is 21.8 Å². The van der Waals surface area contributed by atoms with Crippen LogP contribution in [0.4, 0.5) is 0 Å². The third-order valence-corrected chi connectivity index (χ3v) is 4.86. The number of aromatic nitrogens is 1. The van der Waals surface area contributed by atoms with Crippen LogP contribution in [0.2, 0.25) is 0 Å². The van der Waals surface area contributed by atoms with Gasteiger partial charge in [0.15, 0.2) is 0 Å². The van der Waals surface area contributed by atoms with Crippen molar-refractivity contribution in [3.05, 3.63) is 40.2 Å². The van der Waals surface area contributed by atoms with Gasteiger partial charge in [0.2, 0.25) is 0 Å². The van der Waals surface area contributed by atoms with Gasteiger partial charge < -0.3 is 10.2 Å². The first-order valence-electron chi connectivity index (χ1n) is 7.64. The number of thiazole rings is 1. The summed E-state index contributed by atoms with van der Waals surface area (Å²) in [6.45, 7) is 4.67. The van der Waals surface area contributed by atoms with Crippen LogP contribution in [-0.2, 0) is 0 Å². The lowest BCUT2D eigenvalue weighted by Gasteiger charge is -2.17. The minimum absolute atomic E-state index is 0. The van der Waals surface area contributed by atoms with Crippen molar-refractivity contribution in [3.63, 3.8) is 0 Å². The molecule has 0 bridgehead atoms. The van der Waals surface area contributed by atoms with Gasteiger partial charge in [-0.2, -0.15) is 0 Å². The van der Waals surface area contributed by atoms with Crippen molar-refractivity contribution >= 4 is 42.1 Å². The number of halogens is 2. The van der Waals surface area contributed by atoms with Gasteiger partial charge in [0.25, 0.3) is 5.91 Å². The average Bonchev–Trinajstić information content (AvgIpc) is 3.16. The van der Waals surface area contributed by atoms with E-state index in [1.54, 1.807) is 11.3 Å². The summed E-state index contributed by atoms with van der Waals surface area (Å²) in [6, 6.07) is 7.82. The Labute approximate surface area is 159 Å². The summed E-state index contributed by atoms with van der Waals surface area (Å²) in [5, 5.41) is 6.28. The van der Waals surface area contributed by atoms with E-state index in [9.17, 15) is 4.79 Å². The number of hydrogen-bond acceptors (Lipinski definition) is 4. The monoisotopic (exact) mass is 387 g/mol. The molecule has 0 saturated carbocycles. The Balaban J connectivity index is 0.00000144. The standard InChI is InChI=1S/C17H21N3OS.2ClH/c1-12-19-16(11-22-12)14-4-3-5-15(8-14)17(21)20-7-6-13(10-20)9-18-2;;/h3-5,8,11,13,18H,6-7,9-10H2,1-2H3;2*1H. The molecule has 1 aromatic carbocycles. The van der Waals surface area contributed by atoms with E-state index >= 15 is 0 Å². The maximum absolute atomic E-state index is 12.7. The number of nitrogens with zero attached hydrogens (tertiary/aromatic N) is 2. The molecule has 2 heterocycles. The Morgan fingerprint density at radius 1 is 1.42 bits per heavy atom. The number of nitrogens with one attached hydrogen (secondary N) is 1. The molecular weight excluding hydrogens is 365 g/mol. The lowest BCUT2D eigenvalue weighted by atomic mass is 10.1. The zero-order valence-corrected chi connectivity index (χ0v) is 16.3. The Hall–Kier alpha value is -1.14. The summed E-state index contributed by atoms with van der Waals surface area (Å²) in [5.74, 6) is 0.700. The first-order valence-corrected chi connectivity index (χ1v) is 8.52. The normalized spacial score (nSPS) is 16.4. The van der Waals surface area contributed by atoms with E-state index in [-0.39, 0.29) is 30.7 Å². The average molecular weight is 388 g/mol. The van der Waals surface area contributed by atoms with Crippen LogP contribution in [0.25, 0.3) is 11.3 Å². The predicted molar refractivity (Wildman–Crippen MR) is 105 cm³/mol. The molecule has 1 amide bonds. The highest BCUT2D eigenvalue weighted by atomic mass is 35.5. The predicted octanol–water partition coefficient (Wildman–Crippen LogP) is 3.64. The molecule has 132 valence electrons. The smallest absolute Gasteiger partial charge is 0.253 e. The summed E-state index contributed by atoms with van der Waals surface area (Å²) in [6.07, 6.45) is 1.08. The van der Waals surface area contributed by atoms with Crippen molar-refractivity contribution in [2.45, 2.75) is 13.3 Å². The van der Waals surface area contributed by atoms with Gasteiger partial charge in [-0.3, -0.25) is 4.79 Å². The number of rotatable bonds is 4. The maximum atomic E-state index is 12.7. The molecule has 0 spiro atoms. The lowest BCUT2D eigenvalue weighted by Crippen LogP contribution is -2.30. The van der Waals surface area contributed by atoms with Crippen LogP contribution < -0.4 is 5.32 Å². The van der Waals surface area contributed by atoms with E-state index in [2.05, 4.69) is 10.3 Å². The molecule has 1 aliphatic heterocycles. The Morgan fingerprint density at radius 2 is 2.21 bits per heavy atom. The van der Waals surface area contributed by atoms with Gasteiger partial charge in [0.05, 0.1) is 10.7 Å². The second-order valence-electron chi connectivity index (χ2n) is 5.80. The first kappa shape index (κ1) is 20.9. The summed E-state index contributed by atoms with van der Waals surface area (Å²) < 4.78 is 0. The number of aryl methyl sites for hydroxylation is 1. The molecule has 1 aromatic heterocycles. The minimum Gasteiger partial charge on any atom is -0.338 e. The van der Waals surface area contributed by atoms with Gasteiger partial charge in [-0.15, -0.1) is 36.2 Å². The van der Waals surface area contributed by atoms with Gasteiger partial charge in [-0.25, -0.2) is 4.98 Å². The lowest BCUT2D eigenvalue weighted by molar-refractivity contribution is 0.0787. The molecule has 1 atom stereocenters. The number of carbonyl (C=O) groups excluding carboxylic acids is 1.